The Morgan fingerprint density at radius 2 is 1.85 bits per heavy atom. The summed E-state index contributed by atoms with van der Waals surface area (Å²) in [6.07, 6.45) is 5.48. The number of benzene rings is 1. The van der Waals surface area contributed by atoms with Crippen molar-refractivity contribution in [3.63, 3.8) is 0 Å². The number of methoxy groups -OCH3 is 2. The minimum atomic E-state index is 0.744. The van der Waals surface area contributed by atoms with Crippen LogP contribution in [0.2, 0.25) is 0 Å². The van der Waals surface area contributed by atoms with Gasteiger partial charge in [0.1, 0.15) is 0 Å². The first kappa shape index (κ1) is 17.5. The molecule has 3 heterocycles. The molecule has 0 aliphatic carbocycles. The zero-order chi connectivity index (χ0) is 18.6. The number of nitrogens with one attached hydrogen (secondary N) is 1. The fourth-order valence-electron chi connectivity index (χ4n) is 3.62. The molecule has 1 N–H and O–H groups in total. The van der Waals surface area contributed by atoms with Crippen LogP contribution in [0, 0.1) is 0 Å². The third-order valence-corrected chi connectivity index (χ3v) is 5.07. The molecule has 0 radical (unpaired) electrons. The quantitative estimate of drug-likeness (QED) is 0.729. The molecule has 0 spiro atoms. The molecule has 1 aliphatic rings. The van der Waals surface area contributed by atoms with Crippen LogP contribution in [0.4, 0.5) is 0 Å². The second-order valence-electron chi connectivity index (χ2n) is 6.81. The topological polar surface area (TPSA) is 63.3 Å². The lowest BCUT2D eigenvalue weighted by atomic mass is 10.0. The lowest BCUT2D eigenvalue weighted by Crippen LogP contribution is -2.30. The van der Waals surface area contributed by atoms with E-state index >= 15 is 0 Å². The minimum absolute atomic E-state index is 0.744. The van der Waals surface area contributed by atoms with E-state index in [-0.39, 0.29) is 0 Å². The van der Waals surface area contributed by atoms with E-state index in [0.29, 0.717) is 0 Å². The predicted octanol–water partition coefficient (Wildman–Crippen LogP) is 2.97. The molecule has 1 aromatic carbocycles. The smallest absolute Gasteiger partial charge is 0.160 e. The van der Waals surface area contributed by atoms with Gasteiger partial charge in [-0.3, -0.25) is 15.0 Å². The fraction of sp³-hybridized carbons (Fsp3) is 0.333. The first-order valence-corrected chi connectivity index (χ1v) is 9.14. The highest BCUT2D eigenvalue weighted by Crippen LogP contribution is 2.30. The van der Waals surface area contributed by atoms with Gasteiger partial charge in [0.05, 0.1) is 19.9 Å². The van der Waals surface area contributed by atoms with E-state index in [1.807, 2.05) is 24.5 Å². The molecular weight excluding hydrogens is 340 g/mol. The number of nitrogens with zero attached hydrogens (tertiary/aromatic N) is 3. The summed E-state index contributed by atoms with van der Waals surface area (Å²) in [7, 11) is 3.31. The standard InChI is InChI=1S/C21H24N4O2/c1-26-20-4-3-16(12-21(20)27-2)11-19-17-14-25(10-7-18(17)23-24-19)13-15-5-8-22-9-6-15/h3-6,8-9,12H,7,10-11,13-14H2,1-2H3,(H,23,24). The number of pyridine rings is 1. The zero-order valence-corrected chi connectivity index (χ0v) is 15.7. The van der Waals surface area contributed by atoms with Gasteiger partial charge < -0.3 is 9.47 Å². The molecule has 4 rings (SSSR count). The zero-order valence-electron chi connectivity index (χ0n) is 15.7. The largest absolute Gasteiger partial charge is 0.493 e. The van der Waals surface area contributed by atoms with E-state index in [9.17, 15) is 0 Å². The van der Waals surface area contributed by atoms with Crippen molar-refractivity contribution in [1.82, 2.24) is 20.1 Å². The third kappa shape index (κ3) is 3.80. The van der Waals surface area contributed by atoms with E-state index < -0.39 is 0 Å². The van der Waals surface area contributed by atoms with E-state index in [4.69, 9.17) is 9.47 Å². The van der Waals surface area contributed by atoms with E-state index in [0.717, 1.165) is 55.2 Å². The SMILES string of the molecule is COc1ccc(Cc2n[nH]c3c2CN(Cc2ccncc2)CC3)cc1OC. The van der Waals surface area contributed by atoms with Crippen molar-refractivity contribution in [2.45, 2.75) is 25.9 Å². The number of aromatic amines is 1. The van der Waals surface area contributed by atoms with Gasteiger partial charge in [0.25, 0.3) is 0 Å². The van der Waals surface area contributed by atoms with Crippen LogP contribution >= 0.6 is 0 Å². The Kier molecular flexibility index (Phi) is 5.07. The van der Waals surface area contributed by atoms with E-state index in [1.165, 1.54) is 16.8 Å². The van der Waals surface area contributed by atoms with Crippen molar-refractivity contribution < 1.29 is 9.47 Å². The van der Waals surface area contributed by atoms with Gasteiger partial charge in [-0.05, 0) is 35.4 Å². The molecule has 0 bridgehead atoms. The molecule has 0 saturated heterocycles. The maximum Gasteiger partial charge on any atom is 0.160 e. The molecule has 1 aliphatic heterocycles. The summed E-state index contributed by atoms with van der Waals surface area (Å²) in [6.45, 7) is 2.88. The number of rotatable bonds is 6. The molecule has 2 aromatic heterocycles. The van der Waals surface area contributed by atoms with Gasteiger partial charge >= 0.3 is 0 Å². The average Bonchev–Trinajstić information content (AvgIpc) is 3.10. The Bertz CT molecular complexity index is 908. The Morgan fingerprint density at radius 1 is 1.04 bits per heavy atom. The molecule has 0 unspecified atom stereocenters. The van der Waals surface area contributed by atoms with Gasteiger partial charge in [-0.15, -0.1) is 0 Å². The van der Waals surface area contributed by atoms with Crippen LogP contribution in [0.25, 0.3) is 0 Å². The molecule has 6 nitrogen and oxygen atoms in total. The van der Waals surface area contributed by atoms with Crippen LogP contribution in [-0.4, -0.2) is 40.8 Å². The maximum absolute atomic E-state index is 5.43. The lowest BCUT2D eigenvalue weighted by molar-refractivity contribution is 0.244. The number of aromatic nitrogens is 3. The highest BCUT2D eigenvalue weighted by molar-refractivity contribution is 5.44. The molecule has 6 heteroatoms. The Labute approximate surface area is 159 Å². The van der Waals surface area contributed by atoms with Crippen molar-refractivity contribution in [2.24, 2.45) is 0 Å². The Hall–Kier alpha value is -2.86. The van der Waals surface area contributed by atoms with Crippen LogP contribution in [0.3, 0.4) is 0 Å². The summed E-state index contributed by atoms with van der Waals surface area (Å²) in [5.74, 6) is 1.49. The van der Waals surface area contributed by atoms with Gasteiger partial charge in [-0.25, -0.2) is 0 Å². The van der Waals surface area contributed by atoms with E-state index in [1.54, 1.807) is 14.2 Å². The summed E-state index contributed by atoms with van der Waals surface area (Å²) in [5, 5.41) is 7.84. The maximum atomic E-state index is 5.43. The van der Waals surface area contributed by atoms with Crippen molar-refractivity contribution in [2.75, 3.05) is 20.8 Å². The molecule has 0 amide bonds. The van der Waals surface area contributed by atoms with Gasteiger partial charge in [0, 0.05) is 56.1 Å². The highest BCUT2D eigenvalue weighted by atomic mass is 16.5. The van der Waals surface area contributed by atoms with Gasteiger partial charge in [0.15, 0.2) is 11.5 Å². The molecule has 0 atom stereocenters. The second kappa shape index (κ2) is 7.80. The minimum Gasteiger partial charge on any atom is -0.493 e. The van der Waals surface area contributed by atoms with Crippen LogP contribution in [0.15, 0.2) is 42.7 Å². The molecule has 3 aromatic rings. The fourth-order valence-corrected chi connectivity index (χ4v) is 3.62. The van der Waals surface area contributed by atoms with Crippen molar-refractivity contribution in [3.8, 4) is 11.5 Å². The third-order valence-electron chi connectivity index (χ3n) is 5.07. The van der Waals surface area contributed by atoms with Crippen LogP contribution in [-0.2, 0) is 25.9 Å². The number of H-pyrrole nitrogens is 1. The van der Waals surface area contributed by atoms with Crippen molar-refractivity contribution in [1.29, 1.82) is 0 Å². The van der Waals surface area contributed by atoms with Crippen LogP contribution < -0.4 is 9.47 Å². The van der Waals surface area contributed by atoms with Crippen molar-refractivity contribution in [3.05, 3.63) is 70.8 Å². The Balaban J connectivity index is 1.51. The molecule has 0 fully saturated rings. The first-order valence-electron chi connectivity index (χ1n) is 9.14. The van der Waals surface area contributed by atoms with Gasteiger partial charge in [0.2, 0.25) is 0 Å². The van der Waals surface area contributed by atoms with Crippen LogP contribution in [0.5, 0.6) is 11.5 Å². The normalized spacial score (nSPS) is 14.0. The molecule has 27 heavy (non-hydrogen) atoms. The summed E-state index contributed by atoms with van der Waals surface area (Å²) in [5.41, 5.74) is 6.14. The lowest BCUT2D eigenvalue weighted by Gasteiger charge is -2.27. The number of ether oxygens (including phenoxy) is 2. The summed E-state index contributed by atoms with van der Waals surface area (Å²) >= 11 is 0. The number of fused-ring (bicyclic) bond motifs is 1. The molecule has 140 valence electrons. The Morgan fingerprint density at radius 3 is 2.63 bits per heavy atom. The first-order chi connectivity index (χ1) is 13.3. The number of hydrogen-bond acceptors (Lipinski definition) is 5. The second-order valence-corrected chi connectivity index (χ2v) is 6.81. The van der Waals surface area contributed by atoms with Crippen LogP contribution in [0.1, 0.15) is 28.1 Å². The van der Waals surface area contributed by atoms with Gasteiger partial charge in [-0.2, -0.15) is 5.10 Å². The summed E-state index contributed by atoms with van der Waals surface area (Å²) in [4.78, 5) is 6.56. The number of hydrogen-bond donors (Lipinski definition) is 1. The highest BCUT2D eigenvalue weighted by Gasteiger charge is 2.22. The average molecular weight is 364 g/mol. The summed E-state index contributed by atoms with van der Waals surface area (Å²) in [6, 6.07) is 10.2. The summed E-state index contributed by atoms with van der Waals surface area (Å²) < 4.78 is 10.8. The molecule has 0 saturated carbocycles. The van der Waals surface area contributed by atoms with Gasteiger partial charge in [-0.1, -0.05) is 6.07 Å². The monoisotopic (exact) mass is 364 g/mol. The predicted molar refractivity (Wildman–Crippen MR) is 103 cm³/mol. The molecular formula is C21H24N4O2. The van der Waals surface area contributed by atoms with Crippen molar-refractivity contribution >= 4 is 0 Å². The van der Waals surface area contributed by atoms with E-state index in [2.05, 4.69) is 38.3 Å².